The minimum Gasteiger partial charge on any atom is -0.383 e. The van der Waals surface area contributed by atoms with Crippen molar-refractivity contribution in [2.45, 2.75) is 11.5 Å². The number of hydrogen-bond acceptors (Lipinski definition) is 8. The molecule has 0 aromatic heterocycles. The van der Waals surface area contributed by atoms with Gasteiger partial charge in [-0.1, -0.05) is 54.6 Å². The van der Waals surface area contributed by atoms with Crippen molar-refractivity contribution in [2.75, 3.05) is 23.5 Å². The van der Waals surface area contributed by atoms with Crippen molar-refractivity contribution in [2.24, 2.45) is 10.2 Å². The van der Waals surface area contributed by atoms with Gasteiger partial charge in [0, 0.05) is 46.5 Å². The van der Waals surface area contributed by atoms with Gasteiger partial charge in [0.25, 0.3) is 16.0 Å². The number of nitrogens with one attached hydrogen (secondary N) is 3. The summed E-state index contributed by atoms with van der Waals surface area (Å²) in [6.45, 7) is 0.619. The molecule has 1 unspecified atom stereocenters. The van der Waals surface area contributed by atoms with Gasteiger partial charge in [-0.05, 0) is 66.2 Å². The molecule has 0 bridgehead atoms. The van der Waals surface area contributed by atoms with Gasteiger partial charge in [-0.25, -0.2) is 0 Å². The van der Waals surface area contributed by atoms with E-state index in [1.54, 1.807) is 78.9 Å². The van der Waals surface area contributed by atoms with Crippen LogP contribution in [0.3, 0.4) is 0 Å². The summed E-state index contributed by atoms with van der Waals surface area (Å²) < 4.78 is 51.8. The molecule has 0 aliphatic heterocycles. The van der Waals surface area contributed by atoms with Crippen LogP contribution in [0.1, 0.15) is 15.9 Å². The average molecular weight is 668 g/mol. The maximum atomic E-state index is 13.2. The van der Waals surface area contributed by atoms with Gasteiger partial charge in [0.15, 0.2) is 0 Å². The second-order valence-electron chi connectivity index (χ2n) is 10.2. The number of carbonyl (C=O) groups is 1. The smallest absolute Gasteiger partial charge is 0.367 e. The summed E-state index contributed by atoms with van der Waals surface area (Å²) >= 11 is 0. The number of rotatable bonds is 13. The molecule has 1 amide bonds. The van der Waals surface area contributed by atoms with Gasteiger partial charge in [0.05, 0.1) is 18.0 Å². The highest BCUT2D eigenvalue weighted by Crippen LogP contribution is 2.46. The summed E-state index contributed by atoms with van der Waals surface area (Å²) in [6, 6.07) is 32.4. The Morgan fingerprint density at radius 2 is 1.47 bits per heavy atom. The maximum Gasteiger partial charge on any atom is 0.367 e. The number of anilines is 2. The van der Waals surface area contributed by atoms with Gasteiger partial charge in [0.1, 0.15) is 4.90 Å². The first kappa shape index (κ1) is 33.1. The van der Waals surface area contributed by atoms with Crippen LogP contribution < -0.4 is 15.7 Å². The van der Waals surface area contributed by atoms with E-state index in [1.165, 1.54) is 6.07 Å². The molecule has 238 valence electrons. The summed E-state index contributed by atoms with van der Waals surface area (Å²) in [5, 5.41) is 18.1. The number of terminal acetylenes is 1. The number of hydrogen-bond donors (Lipinski definition) is 4. The lowest BCUT2D eigenvalue weighted by Gasteiger charge is -2.16. The third kappa shape index (κ3) is 8.91. The van der Waals surface area contributed by atoms with E-state index in [2.05, 4.69) is 31.6 Å². The Balaban J connectivity index is 1.10. The van der Waals surface area contributed by atoms with Gasteiger partial charge < -0.3 is 15.7 Å². The number of nitrogens with zero attached hydrogens (tertiary/aromatic N) is 2. The molecule has 0 aliphatic carbocycles. The van der Waals surface area contributed by atoms with E-state index >= 15 is 0 Å². The van der Waals surface area contributed by atoms with Crippen LogP contribution in [-0.4, -0.2) is 32.0 Å². The van der Waals surface area contributed by atoms with Crippen molar-refractivity contribution in [3.63, 3.8) is 0 Å². The van der Waals surface area contributed by atoms with Crippen molar-refractivity contribution < 1.29 is 26.9 Å². The van der Waals surface area contributed by atoms with E-state index in [4.69, 9.17) is 10.9 Å². The summed E-state index contributed by atoms with van der Waals surface area (Å²) in [5.74, 6) is -0.326. The predicted molar refractivity (Wildman–Crippen MR) is 183 cm³/mol. The molecule has 4 N–H and O–H groups in total. The summed E-state index contributed by atoms with van der Waals surface area (Å²) in [6.07, 6.45) is 5.55. The molecular weight excluding hydrogens is 637 g/mol. The number of carbonyl (C=O) groups excluding carboxylic acids is 1. The lowest BCUT2D eigenvalue weighted by atomic mass is 10.1. The van der Waals surface area contributed by atoms with Gasteiger partial charge in [0.2, 0.25) is 0 Å². The van der Waals surface area contributed by atoms with E-state index in [9.17, 15) is 22.3 Å². The Labute approximate surface area is 272 Å². The van der Waals surface area contributed by atoms with Gasteiger partial charge >= 0.3 is 7.52 Å². The molecule has 5 aromatic rings. The average Bonchev–Trinajstić information content (AvgIpc) is 3.09. The lowest BCUT2D eigenvalue weighted by molar-refractivity contribution is 0.0955. The normalized spacial score (nSPS) is 12.7. The van der Waals surface area contributed by atoms with Crippen molar-refractivity contribution >= 4 is 57.1 Å². The Morgan fingerprint density at radius 3 is 2.15 bits per heavy atom. The Bertz CT molecular complexity index is 2100. The van der Waals surface area contributed by atoms with Crippen molar-refractivity contribution in [1.29, 1.82) is 0 Å². The first-order valence-electron chi connectivity index (χ1n) is 14.3. The third-order valence-corrected chi connectivity index (χ3v) is 9.16. The first-order chi connectivity index (χ1) is 22.6. The molecule has 0 aliphatic rings. The largest absolute Gasteiger partial charge is 0.383 e. The molecule has 0 fully saturated rings. The molecule has 0 saturated carbocycles. The molecule has 11 nitrogen and oxygen atoms in total. The Kier molecular flexibility index (Phi) is 10.5. The first-order valence-corrected chi connectivity index (χ1v) is 17.4. The Morgan fingerprint density at radius 1 is 0.809 bits per heavy atom. The second kappa shape index (κ2) is 14.9. The topological polar surface area (TPSA) is 159 Å². The number of benzene rings is 5. The van der Waals surface area contributed by atoms with Crippen molar-refractivity contribution in [3.05, 3.63) is 126 Å². The maximum absolute atomic E-state index is 13.2. The van der Waals surface area contributed by atoms with Crippen LogP contribution >= 0.6 is 7.52 Å². The molecule has 5 aromatic carbocycles. The number of amides is 1. The number of azo groups is 1. The molecule has 13 heteroatoms. The van der Waals surface area contributed by atoms with Gasteiger partial charge in [-0.3, -0.25) is 18.4 Å². The zero-order valence-corrected chi connectivity index (χ0v) is 26.6. The quantitative estimate of drug-likeness (QED) is 0.0326. The molecule has 0 radical (unpaired) electrons. The van der Waals surface area contributed by atoms with Gasteiger partial charge in [-0.2, -0.15) is 18.6 Å². The van der Waals surface area contributed by atoms with E-state index in [0.29, 0.717) is 39.9 Å². The van der Waals surface area contributed by atoms with Crippen LogP contribution in [0.5, 0.6) is 0 Å². The molecule has 0 spiro atoms. The van der Waals surface area contributed by atoms with Gasteiger partial charge in [-0.15, -0.1) is 6.42 Å². The van der Waals surface area contributed by atoms with Crippen LogP contribution in [0.15, 0.2) is 130 Å². The second-order valence-corrected chi connectivity index (χ2v) is 13.4. The van der Waals surface area contributed by atoms with Crippen molar-refractivity contribution in [3.8, 4) is 12.1 Å². The van der Waals surface area contributed by atoms with E-state index in [1.807, 2.05) is 30.3 Å². The zero-order valence-electron chi connectivity index (χ0n) is 24.9. The minimum atomic E-state index is -4.38. The minimum absolute atomic E-state index is 0.000413. The SMILES string of the molecule is C#CP(=O)(Nc1ccc(C(=O)NCCNc2cccc3c(S(=O)(=O)O)cccc23)cc1)OCc1ccc(N=Nc2ccccc2)cc1. The molecule has 0 heterocycles. The Hall–Kier alpha value is -5.31. The molecule has 0 saturated heterocycles. The molecule has 5 rings (SSSR count). The highest BCUT2D eigenvalue weighted by Gasteiger charge is 2.20. The van der Waals surface area contributed by atoms with Crippen LogP contribution in [0, 0.1) is 12.1 Å². The third-order valence-electron chi connectivity index (χ3n) is 6.87. The van der Waals surface area contributed by atoms with E-state index < -0.39 is 17.6 Å². The van der Waals surface area contributed by atoms with Crippen LogP contribution in [-0.2, 0) is 25.8 Å². The standard InChI is InChI=1S/C34H30N5O6PS/c1-2-46(41,45-24-25-14-18-28(19-15-25)38-37-27-8-4-3-5-9-27)39-29-20-16-26(17-21-29)34(40)36-23-22-35-32-12-6-11-31-30(32)10-7-13-33(31)47(42,43)44/h1,3-21,35H,22-24H2,(H,36,40)(H,39,41)(H,42,43,44). The van der Waals surface area contributed by atoms with Crippen LogP contribution in [0.25, 0.3) is 10.8 Å². The highest BCUT2D eigenvalue weighted by atomic mass is 32.2. The monoisotopic (exact) mass is 667 g/mol. The predicted octanol–water partition coefficient (Wildman–Crippen LogP) is 7.76. The molecule has 1 atom stereocenters. The summed E-state index contributed by atoms with van der Waals surface area (Å²) in [7, 11) is -8.07. The number of fused-ring (bicyclic) bond motifs is 1. The van der Waals surface area contributed by atoms with E-state index in [-0.39, 0.29) is 24.0 Å². The van der Waals surface area contributed by atoms with Crippen LogP contribution in [0.4, 0.5) is 22.7 Å². The van der Waals surface area contributed by atoms with E-state index in [0.717, 1.165) is 11.3 Å². The fourth-order valence-corrected chi connectivity index (χ4v) is 6.27. The van der Waals surface area contributed by atoms with Crippen LogP contribution in [0.2, 0.25) is 0 Å². The zero-order chi connectivity index (χ0) is 33.3. The molecule has 47 heavy (non-hydrogen) atoms. The highest BCUT2D eigenvalue weighted by molar-refractivity contribution is 7.86. The fourth-order valence-electron chi connectivity index (χ4n) is 4.54. The van der Waals surface area contributed by atoms with Crippen molar-refractivity contribution in [1.82, 2.24) is 5.32 Å². The summed E-state index contributed by atoms with van der Waals surface area (Å²) in [4.78, 5) is 12.5. The fraction of sp³-hybridized carbons (Fsp3) is 0.0882. The lowest BCUT2D eigenvalue weighted by Crippen LogP contribution is -2.28. The molecular formula is C34H30N5O6PS. The summed E-state index contributed by atoms with van der Waals surface area (Å²) in [5.41, 5.74) is 5.79.